The predicted octanol–water partition coefficient (Wildman–Crippen LogP) is 3.52. The molecule has 1 amide bonds. The summed E-state index contributed by atoms with van der Waals surface area (Å²) < 4.78 is 0. The van der Waals surface area contributed by atoms with E-state index in [1.165, 1.54) is 11.3 Å². The molecule has 0 saturated carbocycles. The molecule has 6 heteroatoms. The van der Waals surface area contributed by atoms with E-state index in [2.05, 4.69) is 46.7 Å². The van der Waals surface area contributed by atoms with E-state index in [1.807, 2.05) is 12.1 Å². The molecule has 0 saturated heterocycles. The van der Waals surface area contributed by atoms with E-state index in [1.54, 1.807) is 31.1 Å². The minimum absolute atomic E-state index is 0.00929. The zero-order chi connectivity index (χ0) is 20.1. The van der Waals surface area contributed by atoms with Crippen LogP contribution in [0.15, 0.2) is 48.5 Å². The van der Waals surface area contributed by atoms with E-state index >= 15 is 0 Å². The molecule has 3 rings (SSSR count). The molecule has 1 atom stereocenters. The van der Waals surface area contributed by atoms with Gasteiger partial charge in [0.2, 0.25) is 0 Å². The Hall–Kier alpha value is -2.60. The largest absolute Gasteiger partial charge is 0.368 e. The molecule has 0 aromatic heterocycles. The van der Waals surface area contributed by atoms with E-state index in [9.17, 15) is 4.79 Å². The molecular weight excluding hydrogens is 368 g/mol. The fourth-order valence-electron chi connectivity index (χ4n) is 3.55. The van der Waals surface area contributed by atoms with Crippen molar-refractivity contribution in [2.45, 2.75) is 25.8 Å². The number of hydrogen-bond donors (Lipinski definition) is 2. The highest BCUT2D eigenvalue weighted by Crippen LogP contribution is 2.31. The van der Waals surface area contributed by atoms with E-state index in [0.29, 0.717) is 16.7 Å². The first-order valence-corrected chi connectivity index (χ1v) is 10.1. The molecule has 148 valence electrons. The summed E-state index contributed by atoms with van der Waals surface area (Å²) in [6.07, 6.45) is 2.13. The Balaban J connectivity index is 1.42. The van der Waals surface area contributed by atoms with Crippen molar-refractivity contribution in [3.63, 3.8) is 0 Å². The number of fused-ring (bicyclic) bond motifs is 1. The Morgan fingerprint density at radius 3 is 2.61 bits per heavy atom. The van der Waals surface area contributed by atoms with E-state index < -0.39 is 0 Å². The van der Waals surface area contributed by atoms with Crippen LogP contribution >= 0.6 is 12.2 Å². The molecule has 1 aliphatic heterocycles. The zero-order valence-corrected chi connectivity index (χ0v) is 17.6. The van der Waals surface area contributed by atoms with Gasteiger partial charge < -0.3 is 20.4 Å². The summed E-state index contributed by atoms with van der Waals surface area (Å²) in [5.41, 5.74) is 4.34. The summed E-state index contributed by atoms with van der Waals surface area (Å²) in [6, 6.07) is 16.6. The number of rotatable bonds is 6. The SMILES string of the molecule is C[C@H]1Cc2ccccc2N1CCCNC(=S)Nc1ccc(C(=O)N(C)C)cc1. The third-order valence-electron chi connectivity index (χ3n) is 5.01. The van der Waals surface area contributed by atoms with Gasteiger partial charge in [-0.3, -0.25) is 4.79 Å². The van der Waals surface area contributed by atoms with Crippen molar-refractivity contribution in [1.82, 2.24) is 10.2 Å². The van der Waals surface area contributed by atoms with E-state index in [-0.39, 0.29) is 5.91 Å². The first-order chi connectivity index (χ1) is 13.5. The Bertz CT molecular complexity index is 835. The van der Waals surface area contributed by atoms with Crippen LogP contribution in [0.3, 0.4) is 0 Å². The summed E-state index contributed by atoms with van der Waals surface area (Å²) in [5, 5.41) is 7.04. The van der Waals surface area contributed by atoms with Gasteiger partial charge in [-0.2, -0.15) is 0 Å². The quantitative estimate of drug-likeness (QED) is 0.578. The maximum absolute atomic E-state index is 11.9. The minimum Gasteiger partial charge on any atom is -0.368 e. The molecule has 1 heterocycles. The van der Waals surface area contributed by atoms with Crippen LogP contribution in [0.5, 0.6) is 0 Å². The Morgan fingerprint density at radius 1 is 1.18 bits per heavy atom. The topological polar surface area (TPSA) is 47.6 Å². The van der Waals surface area contributed by atoms with Gasteiger partial charge in [-0.1, -0.05) is 18.2 Å². The highest BCUT2D eigenvalue weighted by Gasteiger charge is 2.24. The number of carbonyl (C=O) groups excluding carboxylic acids is 1. The van der Waals surface area contributed by atoms with Gasteiger partial charge in [0, 0.05) is 50.2 Å². The highest BCUT2D eigenvalue weighted by molar-refractivity contribution is 7.80. The van der Waals surface area contributed by atoms with Crippen LogP contribution in [0.1, 0.15) is 29.3 Å². The molecule has 0 bridgehead atoms. The predicted molar refractivity (Wildman–Crippen MR) is 120 cm³/mol. The fraction of sp³-hybridized carbons (Fsp3) is 0.364. The summed E-state index contributed by atoms with van der Waals surface area (Å²) in [5.74, 6) is -0.00929. The van der Waals surface area contributed by atoms with E-state index in [4.69, 9.17) is 12.2 Å². The highest BCUT2D eigenvalue weighted by atomic mass is 32.1. The van der Waals surface area contributed by atoms with Crippen molar-refractivity contribution in [2.24, 2.45) is 0 Å². The van der Waals surface area contributed by atoms with Crippen LogP contribution in [-0.2, 0) is 6.42 Å². The lowest BCUT2D eigenvalue weighted by Crippen LogP contribution is -2.34. The Morgan fingerprint density at radius 2 is 1.89 bits per heavy atom. The molecular formula is C22H28N4OS. The van der Waals surface area contributed by atoms with Crippen LogP contribution in [0.2, 0.25) is 0 Å². The van der Waals surface area contributed by atoms with Crippen molar-refractivity contribution in [3.05, 3.63) is 59.7 Å². The minimum atomic E-state index is -0.00929. The van der Waals surface area contributed by atoms with Crippen molar-refractivity contribution < 1.29 is 4.79 Å². The van der Waals surface area contributed by atoms with Crippen LogP contribution in [-0.4, -0.2) is 49.1 Å². The first kappa shape index (κ1) is 20.1. The van der Waals surface area contributed by atoms with Gasteiger partial charge in [0.15, 0.2) is 5.11 Å². The lowest BCUT2D eigenvalue weighted by Gasteiger charge is -2.25. The number of nitrogens with zero attached hydrogens (tertiary/aromatic N) is 2. The molecule has 2 N–H and O–H groups in total. The second-order valence-corrected chi connectivity index (χ2v) is 7.79. The molecule has 0 spiro atoms. The lowest BCUT2D eigenvalue weighted by molar-refractivity contribution is 0.0827. The molecule has 0 fully saturated rings. The molecule has 5 nitrogen and oxygen atoms in total. The number of carbonyl (C=O) groups is 1. The van der Waals surface area contributed by atoms with Gasteiger partial charge in [0.1, 0.15) is 0 Å². The summed E-state index contributed by atoms with van der Waals surface area (Å²) in [4.78, 5) is 16.0. The van der Waals surface area contributed by atoms with Crippen LogP contribution in [0.4, 0.5) is 11.4 Å². The number of hydrogen-bond acceptors (Lipinski definition) is 3. The van der Waals surface area contributed by atoms with Crippen molar-refractivity contribution in [1.29, 1.82) is 0 Å². The molecule has 0 radical (unpaired) electrons. The maximum atomic E-state index is 11.9. The number of benzene rings is 2. The standard InChI is InChI=1S/C22H28N4OS/c1-16-15-18-7-4-5-8-20(18)26(16)14-6-13-23-22(28)24-19-11-9-17(10-12-19)21(27)25(2)3/h4-5,7-12,16H,6,13-15H2,1-3H3,(H2,23,24,28)/t16-/m0/s1. The Labute approximate surface area is 172 Å². The molecule has 28 heavy (non-hydrogen) atoms. The smallest absolute Gasteiger partial charge is 0.253 e. The average molecular weight is 397 g/mol. The monoisotopic (exact) mass is 396 g/mol. The second-order valence-electron chi connectivity index (χ2n) is 7.39. The van der Waals surface area contributed by atoms with Gasteiger partial charge >= 0.3 is 0 Å². The van der Waals surface area contributed by atoms with Crippen LogP contribution in [0.25, 0.3) is 0 Å². The molecule has 2 aromatic rings. The maximum Gasteiger partial charge on any atom is 0.253 e. The number of para-hydroxylation sites is 1. The molecule has 2 aromatic carbocycles. The van der Waals surface area contributed by atoms with E-state index in [0.717, 1.165) is 31.6 Å². The van der Waals surface area contributed by atoms with Gasteiger partial charge in [-0.05, 0) is 67.9 Å². The molecule has 0 aliphatic carbocycles. The Kier molecular flexibility index (Phi) is 6.52. The zero-order valence-electron chi connectivity index (χ0n) is 16.7. The number of thiocarbonyl (C=S) groups is 1. The van der Waals surface area contributed by atoms with Gasteiger partial charge in [-0.15, -0.1) is 0 Å². The number of amides is 1. The normalized spacial score (nSPS) is 15.1. The third-order valence-corrected chi connectivity index (χ3v) is 5.25. The van der Waals surface area contributed by atoms with Crippen molar-refractivity contribution >= 4 is 34.6 Å². The lowest BCUT2D eigenvalue weighted by atomic mass is 10.1. The molecule has 0 unspecified atom stereocenters. The number of nitrogens with one attached hydrogen (secondary N) is 2. The van der Waals surface area contributed by atoms with Crippen LogP contribution in [0, 0.1) is 0 Å². The van der Waals surface area contributed by atoms with Crippen molar-refractivity contribution in [3.8, 4) is 0 Å². The van der Waals surface area contributed by atoms with Crippen LogP contribution < -0.4 is 15.5 Å². The summed E-state index contributed by atoms with van der Waals surface area (Å²) in [6.45, 7) is 4.11. The van der Waals surface area contributed by atoms with Crippen molar-refractivity contribution in [2.75, 3.05) is 37.4 Å². The second kappa shape index (κ2) is 9.06. The fourth-order valence-corrected chi connectivity index (χ4v) is 3.77. The average Bonchev–Trinajstić information content (AvgIpc) is 3.00. The number of anilines is 2. The first-order valence-electron chi connectivity index (χ1n) is 9.67. The van der Waals surface area contributed by atoms with Gasteiger partial charge in [0.25, 0.3) is 5.91 Å². The van der Waals surface area contributed by atoms with Gasteiger partial charge in [0.05, 0.1) is 0 Å². The third kappa shape index (κ3) is 4.81. The van der Waals surface area contributed by atoms with Gasteiger partial charge in [-0.25, -0.2) is 0 Å². The summed E-state index contributed by atoms with van der Waals surface area (Å²) in [7, 11) is 3.49. The summed E-state index contributed by atoms with van der Waals surface area (Å²) >= 11 is 5.39. The molecule has 1 aliphatic rings.